The molecule has 1 aromatic carbocycles. The summed E-state index contributed by atoms with van der Waals surface area (Å²) in [7, 11) is 0. The Bertz CT molecular complexity index is 950. The second kappa shape index (κ2) is 8.19. The fourth-order valence-corrected chi connectivity index (χ4v) is 2.63. The maximum Gasteiger partial charge on any atom is 0.357 e. The van der Waals surface area contributed by atoms with Gasteiger partial charge < -0.3 is 14.2 Å². The first kappa shape index (κ1) is 22.3. The van der Waals surface area contributed by atoms with Crippen LogP contribution in [0.25, 0.3) is 10.9 Å². The van der Waals surface area contributed by atoms with E-state index in [0.29, 0.717) is 10.9 Å². The average molecular weight is 401 g/mol. The molecule has 7 nitrogen and oxygen atoms in total. The molecular formula is C22H27NO6. The van der Waals surface area contributed by atoms with Crippen LogP contribution in [0.5, 0.6) is 0 Å². The van der Waals surface area contributed by atoms with E-state index in [2.05, 4.69) is 4.98 Å². The number of pyridine rings is 1. The fourth-order valence-electron chi connectivity index (χ4n) is 2.63. The van der Waals surface area contributed by atoms with Gasteiger partial charge in [-0.2, -0.15) is 0 Å². The summed E-state index contributed by atoms with van der Waals surface area (Å²) in [6.45, 7) is 11.9. The molecule has 7 heteroatoms. The van der Waals surface area contributed by atoms with Gasteiger partial charge in [-0.15, -0.1) is 0 Å². The molecule has 0 aliphatic heterocycles. The number of benzene rings is 1. The number of nitrogens with zero attached hydrogens (tertiary/aromatic N) is 1. The molecule has 156 valence electrons. The van der Waals surface area contributed by atoms with Gasteiger partial charge in [0.25, 0.3) is 0 Å². The highest BCUT2D eigenvalue weighted by atomic mass is 16.6. The molecule has 0 saturated carbocycles. The zero-order chi connectivity index (χ0) is 22.0. The molecule has 0 radical (unpaired) electrons. The lowest BCUT2D eigenvalue weighted by Crippen LogP contribution is -2.30. The molecule has 1 aromatic heterocycles. The number of aromatic nitrogens is 1. The van der Waals surface area contributed by atoms with Gasteiger partial charge in [0, 0.05) is 5.39 Å². The Hall–Kier alpha value is -2.96. The minimum absolute atomic E-state index is 0.0668. The monoisotopic (exact) mass is 401 g/mol. The number of para-hydroxylation sites is 1. The highest BCUT2D eigenvalue weighted by Gasteiger charge is 2.34. The summed E-state index contributed by atoms with van der Waals surface area (Å²) in [5.74, 6) is -2.41. The van der Waals surface area contributed by atoms with Crippen LogP contribution in [0.2, 0.25) is 0 Å². The van der Waals surface area contributed by atoms with Gasteiger partial charge in [-0.05, 0) is 54.5 Å². The van der Waals surface area contributed by atoms with E-state index in [1.807, 2.05) is 0 Å². The van der Waals surface area contributed by atoms with Crippen molar-refractivity contribution in [3.8, 4) is 0 Å². The van der Waals surface area contributed by atoms with Crippen molar-refractivity contribution in [1.29, 1.82) is 0 Å². The maximum absolute atomic E-state index is 13.1. The molecule has 0 spiro atoms. The molecule has 0 amide bonds. The lowest BCUT2D eigenvalue weighted by molar-refractivity contribution is 0.00174. The van der Waals surface area contributed by atoms with E-state index in [1.54, 1.807) is 72.7 Å². The van der Waals surface area contributed by atoms with Crippen molar-refractivity contribution in [1.82, 2.24) is 4.98 Å². The number of hydrogen-bond acceptors (Lipinski definition) is 7. The second-order valence-corrected chi connectivity index (χ2v) is 8.45. The Morgan fingerprint density at radius 3 is 1.86 bits per heavy atom. The Labute approximate surface area is 170 Å². The normalized spacial score (nSPS) is 11.8. The molecule has 1 heterocycles. The van der Waals surface area contributed by atoms with Gasteiger partial charge in [0.15, 0.2) is 5.69 Å². The third-order valence-electron chi connectivity index (χ3n) is 3.57. The number of ether oxygens (including phenoxy) is 3. The first-order valence-electron chi connectivity index (χ1n) is 9.40. The summed E-state index contributed by atoms with van der Waals surface area (Å²) in [6.07, 6.45) is 0. The smallest absolute Gasteiger partial charge is 0.357 e. The molecular weight excluding hydrogens is 374 g/mol. The lowest BCUT2D eigenvalue weighted by atomic mass is 9.99. The van der Waals surface area contributed by atoms with E-state index < -0.39 is 29.1 Å². The van der Waals surface area contributed by atoms with Crippen LogP contribution >= 0.6 is 0 Å². The molecule has 0 unspecified atom stereocenters. The highest BCUT2D eigenvalue weighted by molar-refractivity contribution is 6.16. The van der Waals surface area contributed by atoms with Gasteiger partial charge in [-0.25, -0.2) is 19.4 Å². The predicted molar refractivity (Wildman–Crippen MR) is 108 cm³/mol. The van der Waals surface area contributed by atoms with Crippen molar-refractivity contribution in [2.24, 2.45) is 0 Å². The number of carbonyl (C=O) groups is 3. The van der Waals surface area contributed by atoms with Gasteiger partial charge in [0.05, 0.1) is 17.7 Å². The van der Waals surface area contributed by atoms with E-state index in [1.165, 1.54) is 0 Å². The first-order valence-corrected chi connectivity index (χ1v) is 9.40. The Morgan fingerprint density at radius 1 is 0.828 bits per heavy atom. The van der Waals surface area contributed by atoms with Crippen LogP contribution in [0.1, 0.15) is 79.7 Å². The van der Waals surface area contributed by atoms with Crippen LogP contribution < -0.4 is 0 Å². The summed E-state index contributed by atoms with van der Waals surface area (Å²) >= 11 is 0. The zero-order valence-electron chi connectivity index (χ0n) is 17.9. The van der Waals surface area contributed by atoms with Gasteiger partial charge >= 0.3 is 17.9 Å². The maximum atomic E-state index is 13.1. The van der Waals surface area contributed by atoms with E-state index in [4.69, 9.17) is 14.2 Å². The van der Waals surface area contributed by atoms with Crippen LogP contribution in [0, 0.1) is 0 Å². The number of esters is 3. The van der Waals surface area contributed by atoms with Crippen molar-refractivity contribution >= 4 is 28.8 Å². The molecule has 0 bridgehead atoms. The van der Waals surface area contributed by atoms with Crippen LogP contribution in [-0.2, 0) is 14.2 Å². The van der Waals surface area contributed by atoms with E-state index in [-0.39, 0.29) is 23.4 Å². The molecule has 29 heavy (non-hydrogen) atoms. The minimum atomic E-state index is -0.848. The zero-order valence-corrected chi connectivity index (χ0v) is 17.9. The largest absolute Gasteiger partial charge is 0.461 e. The number of hydrogen-bond donors (Lipinski definition) is 0. The van der Waals surface area contributed by atoms with E-state index >= 15 is 0 Å². The quantitative estimate of drug-likeness (QED) is 0.556. The van der Waals surface area contributed by atoms with E-state index in [0.717, 1.165) is 0 Å². The Kier molecular flexibility index (Phi) is 6.30. The van der Waals surface area contributed by atoms with Crippen LogP contribution in [0.4, 0.5) is 0 Å². The molecule has 2 aromatic rings. The summed E-state index contributed by atoms with van der Waals surface area (Å²) < 4.78 is 16.1. The van der Waals surface area contributed by atoms with E-state index in [9.17, 15) is 14.4 Å². The summed E-state index contributed by atoms with van der Waals surface area (Å²) in [6, 6.07) is 6.71. The summed E-state index contributed by atoms with van der Waals surface area (Å²) in [5, 5.41) is 0.385. The predicted octanol–water partition coefficient (Wildman–Crippen LogP) is 4.32. The molecule has 0 saturated heterocycles. The molecule has 0 N–H and O–H groups in total. The molecule has 0 fully saturated rings. The van der Waals surface area contributed by atoms with Crippen LogP contribution in [0.15, 0.2) is 24.3 Å². The molecule has 0 aliphatic carbocycles. The van der Waals surface area contributed by atoms with Crippen molar-refractivity contribution in [2.45, 2.75) is 59.7 Å². The standard InChI is InChI=1S/C22H27NO6/c1-8-27-20(26)17-16(19(25)29-22(5,6)7)15(18(24)28-21(2,3)4)13-11-9-10-12-14(13)23-17/h9-12H,8H2,1-7H3. The van der Waals surface area contributed by atoms with Crippen LogP contribution in [0.3, 0.4) is 0 Å². The first-order chi connectivity index (χ1) is 13.3. The lowest BCUT2D eigenvalue weighted by Gasteiger charge is -2.24. The summed E-state index contributed by atoms with van der Waals surface area (Å²) in [4.78, 5) is 43.0. The molecule has 0 aliphatic rings. The Morgan fingerprint density at radius 2 is 1.34 bits per heavy atom. The van der Waals surface area contributed by atoms with Crippen molar-refractivity contribution in [3.63, 3.8) is 0 Å². The number of rotatable bonds is 4. The van der Waals surface area contributed by atoms with Crippen molar-refractivity contribution in [2.75, 3.05) is 6.61 Å². The van der Waals surface area contributed by atoms with Crippen molar-refractivity contribution < 1.29 is 28.6 Å². The Balaban J connectivity index is 2.86. The number of fused-ring (bicyclic) bond motifs is 1. The second-order valence-electron chi connectivity index (χ2n) is 8.45. The van der Waals surface area contributed by atoms with Gasteiger partial charge in [-0.1, -0.05) is 18.2 Å². The number of carbonyl (C=O) groups excluding carboxylic acids is 3. The van der Waals surface area contributed by atoms with Crippen LogP contribution in [-0.4, -0.2) is 40.7 Å². The minimum Gasteiger partial charge on any atom is -0.461 e. The fraction of sp³-hybridized carbons (Fsp3) is 0.455. The SMILES string of the molecule is CCOC(=O)c1nc2ccccc2c(C(=O)OC(C)(C)C)c1C(=O)OC(C)(C)C. The topological polar surface area (TPSA) is 91.8 Å². The summed E-state index contributed by atoms with van der Waals surface area (Å²) in [5.41, 5.74) is -1.89. The van der Waals surface area contributed by atoms with Crippen molar-refractivity contribution in [3.05, 3.63) is 41.1 Å². The average Bonchev–Trinajstić information content (AvgIpc) is 2.57. The van der Waals surface area contributed by atoms with Gasteiger partial charge in [0.1, 0.15) is 16.8 Å². The highest BCUT2D eigenvalue weighted by Crippen LogP contribution is 2.28. The molecule has 0 atom stereocenters. The third-order valence-corrected chi connectivity index (χ3v) is 3.57. The third kappa shape index (κ3) is 5.53. The van der Waals surface area contributed by atoms with Gasteiger partial charge in [0.2, 0.25) is 0 Å². The molecule has 2 rings (SSSR count). The van der Waals surface area contributed by atoms with Gasteiger partial charge in [-0.3, -0.25) is 0 Å².